The minimum absolute atomic E-state index is 0.0993. The summed E-state index contributed by atoms with van der Waals surface area (Å²) in [4.78, 5) is 11.3. The minimum atomic E-state index is -3.26. The molecule has 1 amide bonds. The first-order chi connectivity index (χ1) is 9.39. The van der Waals surface area contributed by atoms with Crippen LogP contribution in [0, 0.1) is 6.92 Å². The molecule has 1 saturated heterocycles. The number of nitrogens with one attached hydrogen (secondary N) is 1. The van der Waals surface area contributed by atoms with Gasteiger partial charge in [-0.25, -0.2) is 13.6 Å². The van der Waals surface area contributed by atoms with Crippen LogP contribution in [0.5, 0.6) is 11.5 Å². The van der Waals surface area contributed by atoms with Crippen LogP contribution in [0.25, 0.3) is 0 Å². The van der Waals surface area contributed by atoms with Gasteiger partial charge in [-0.15, -0.1) is 0 Å². The van der Waals surface area contributed by atoms with Gasteiger partial charge in [-0.3, -0.25) is 0 Å². The van der Waals surface area contributed by atoms with Crippen molar-refractivity contribution in [1.29, 1.82) is 0 Å². The van der Waals surface area contributed by atoms with E-state index >= 15 is 0 Å². The first-order valence-corrected chi connectivity index (χ1v) is 5.92. The van der Waals surface area contributed by atoms with E-state index in [0.717, 1.165) is 5.56 Å². The van der Waals surface area contributed by atoms with E-state index in [2.05, 4.69) is 10.1 Å². The second-order valence-electron chi connectivity index (χ2n) is 4.50. The number of benzene rings is 1. The lowest BCUT2D eigenvalue weighted by molar-refractivity contribution is -0.105. The molecule has 0 aliphatic carbocycles. The number of methoxy groups -OCH3 is 2. The predicted octanol–water partition coefficient (Wildman–Crippen LogP) is 2.43. The molecule has 1 aliphatic heterocycles. The minimum Gasteiger partial charge on any atom is -0.496 e. The second kappa shape index (κ2) is 5.15. The van der Waals surface area contributed by atoms with Crippen molar-refractivity contribution >= 4 is 6.09 Å². The number of alkyl carbamates (subject to hydrolysis) is 1. The van der Waals surface area contributed by atoms with Gasteiger partial charge in [0.1, 0.15) is 17.5 Å². The first-order valence-electron chi connectivity index (χ1n) is 5.92. The van der Waals surface area contributed by atoms with Crippen LogP contribution in [0.1, 0.15) is 17.2 Å². The molecule has 1 aromatic rings. The third-order valence-electron chi connectivity index (χ3n) is 3.06. The Morgan fingerprint density at radius 1 is 1.30 bits per heavy atom. The monoisotopic (exact) mass is 287 g/mol. The lowest BCUT2D eigenvalue weighted by atomic mass is 9.96. The van der Waals surface area contributed by atoms with Crippen LogP contribution in [-0.4, -0.2) is 32.8 Å². The molecule has 110 valence electrons. The third kappa shape index (κ3) is 2.48. The average Bonchev–Trinajstić information content (AvgIpc) is 2.40. The number of aryl methyl sites for hydroxylation is 1. The van der Waals surface area contributed by atoms with Crippen LogP contribution in [0.4, 0.5) is 13.6 Å². The molecule has 1 aromatic carbocycles. The van der Waals surface area contributed by atoms with Gasteiger partial charge in [-0.1, -0.05) is 0 Å². The Morgan fingerprint density at radius 3 is 2.35 bits per heavy atom. The Hall–Kier alpha value is -2.05. The summed E-state index contributed by atoms with van der Waals surface area (Å²) in [5.74, 6) is -2.80. The molecule has 1 atom stereocenters. The number of hydrogen-bond acceptors (Lipinski definition) is 4. The van der Waals surface area contributed by atoms with Crippen LogP contribution in [0.2, 0.25) is 0 Å². The quantitative estimate of drug-likeness (QED) is 0.927. The van der Waals surface area contributed by atoms with Crippen LogP contribution < -0.4 is 14.8 Å². The molecule has 5 nitrogen and oxygen atoms in total. The summed E-state index contributed by atoms with van der Waals surface area (Å²) in [6.45, 7) is 0.805. The van der Waals surface area contributed by atoms with Crippen molar-refractivity contribution in [2.45, 2.75) is 18.9 Å². The molecule has 0 saturated carbocycles. The third-order valence-corrected chi connectivity index (χ3v) is 3.06. The van der Waals surface area contributed by atoms with Gasteiger partial charge in [-0.2, -0.15) is 0 Å². The van der Waals surface area contributed by atoms with Gasteiger partial charge >= 0.3 is 12.0 Å². The van der Waals surface area contributed by atoms with Crippen molar-refractivity contribution < 1.29 is 27.8 Å². The highest BCUT2D eigenvalue weighted by Crippen LogP contribution is 2.43. The zero-order chi connectivity index (χ0) is 14.9. The summed E-state index contributed by atoms with van der Waals surface area (Å²) in [5, 5.41) is 2.12. The van der Waals surface area contributed by atoms with Crippen LogP contribution in [0.3, 0.4) is 0 Å². The first kappa shape index (κ1) is 14.4. The summed E-state index contributed by atoms with van der Waals surface area (Å²) in [6, 6.07) is 1.65. The summed E-state index contributed by atoms with van der Waals surface area (Å²) >= 11 is 0. The lowest BCUT2D eigenvalue weighted by Crippen LogP contribution is -2.49. The molecule has 7 heteroatoms. The van der Waals surface area contributed by atoms with Gasteiger partial charge in [0.15, 0.2) is 6.61 Å². The van der Waals surface area contributed by atoms with Crippen molar-refractivity contribution in [2.24, 2.45) is 0 Å². The van der Waals surface area contributed by atoms with Crippen molar-refractivity contribution in [2.75, 3.05) is 20.8 Å². The van der Waals surface area contributed by atoms with E-state index in [1.807, 2.05) is 0 Å². The topological polar surface area (TPSA) is 56.8 Å². The van der Waals surface area contributed by atoms with E-state index in [0.29, 0.717) is 0 Å². The van der Waals surface area contributed by atoms with Gasteiger partial charge in [0, 0.05) is 0 Å². The Morgan fingerprint density at radius 2 is 1.85 bits per heavy atom. The highest BCUT2D eigenvalue weighted by molar-refractivity contribution is 5.70. The fourth-order valence-corrected chi connectivity index (χ4v) is 2.15. The molecule has 0 unspecified atom stereocenters. The molecule has 1 heterocycles. The van der Waals surface area contributed by atoms with Gasteiger partial charge in [0.2, 0.25) is 0 Å². The Bertz CT molecular complexity index is 508. The summed E-state index contributed by atoms with van der Waals surface area (Å²) in [5.41, 5.74) is 0.895. The lowest BCUT2D eigenvalue weighted by Gasteiger charge is -2.33. The van der Waals surface area contributed by atoms with Crippen molar-refractivity contribution in [1.82, 2.24) is 5.32 Å². The summed E-state index contributed by atoms with van der Waals surface area (Å²) in [6.07, 6.45) is -0.898. The van der Waals surface area contributed by atoms with E-state index in [-0.39, 0.29) is 17.1 Å². The van der Waals surface area contributed by atoms with Gasteiger partial charge in [-0.05, 0) is 24.6 Å². The maximum Gasteiger partial charge on any atom is 0.408 e. The van der Waals surface area contributed by atoms with Gasteiger partial charge in [0.05, 0.1) is 19.8 Å². The van der Waals surface area contributed by atoms with Crippen molar-refractivity contribution in [3.8, 4) is 11.5 Å². The fourth-order valence-electron chi connectivity index (χ4n) is 2.15. The number of carbonyl (C=O) groups is 1. The maximum absolute atomic E-state index is 14.0. The van der Waals surface area contributed by atoms with Crippen LogP contribution >= 0.6 is 0 Å². The largest absolute Gasteiger partial charge is 0.496 e. The SMILES string of the molecule is COc1cc(C)cc(OC)c1[C@@H]1NC(=O)OCC1(F)F. The highest BCUT2D eigenvalue weighted by atomic mass is 19.3. The standard InChI is InChI=1S/C13H15F2NO4/c1-7-4-8(18-2)10(9(5-7)19-3)11-13(14,15)6-20-12(17)16-11/h4-5,11H,6H2,1-3H3,(H,16,17)/t11-/m0/s1. The molecule has 1 N–H and O–H groups in total. The second-order valence-corrected chi connectivity index (χ2v) is 4.50. The normalized spacial score (nSPS) is 20.9. The van der Waals surface area contributed by atoms with Crippen molar-refractivity contribution in [3.63, 3.8) is 0 Å². The van der Waals surface area contributed by atoms with Crippen LogP contribution in [-0.2, 0) is 4.74 Å². The van der Waals surface area contributed by atoms with E-state index in [1.165, 1.54) is 14.2 Å². The number of cyclic esters (lactones) is 1. The smallest absolute Gasteiger partial charge is 0.408 e. The number of carbonyl (C=O) groups excluding carboxylic acids is 1. The van der Waals surface area contributed by atoms with E-state index < -0.39 is 24.7 Å². The average molecular weight is 287 g/mol. The van der Waals surface area contributed by atoms with Crippen LogP contribution in [0.15, 0.2) is 12.1 Å². The van der Waals surface area contributed by atoms with E-state index in [4.69, 9.17) is 9.47 Å². The number of ether oxygens (including phenoxy) is 3. The molecule has 0 spiro atoms. The van der Waals surface area contributed by atoms with E-state index in [9.17, 15) is 13.6 Å². The molecule has 2 rings (SSSR count). The zero-order valence-electron chi connectivity index (χ0n) is 11.3. The number of halogens is 2. The van der Waals surface area contributed by atoms with Gasteiger partial charge in [0.25, 0.3) is 0 Å². The molecular formula is C13H15F2NO4. The molecular weight excluding hydrogens is 272 g/mol. The summed E-state index contributed by atoms with van der Waals surface area (Å²) in [7, 11) is 2.74. The molecule has 20 heavy (non-hydrogen) atoms. The van der Waals surface area contributed by atoms with Crippen molar-refractivity contribution in [3.05, 3.63) is 23.3 Å². The number of rotatable bonds is 3. The Kier molecular flexibility index (Phi) is 3.69. The number of alkyl halides is 2. The zero-order valence-corrected chi connectivity index (χ0v) is 11.3. The molecule has 1 aliphatic rings. The molecule has 0 aromatic heterocycles. The molecule has 0 radical (unpaired) electrons. The predicted molar refractivity (Wildman–Crippen MR) is 66.5 cm³/mol. The molecule has 1 fully saturated rings. The number of amides is 1. The fraction of sp³-hybridized carbons (Fsp3) is 0.462. The molecule has 0 bridgehead atoms. The number of hydrogen-bond donors (Lipinski definition) is 1. The highest BCUT2D eigenvalue weighted by Gasteiger charge is 2.49. The summed E-state index contributed by atoms with van der Waals surface area (Å²) < 4.78 is 42.6. The Balaban J connectivity index is 2.57. The van der Waals surface area contributed by atoms with Gasteiger partial charge < -0.3 is 19.5 Å². The maximum atomic E-state index is 14.0. The van der Waals surface area contributed by atoms with E-state index in [1.54, 1.807) is 19.1 Å². The Labute approximate surface area is 114 Å².